The lowest BCUT2D eigenvalue weighted by Gasteiger charge is -2.28. The van der Waals surface area contributed by atoms with E-state index in [-0.39, 0.29) is 0 Å². The minimum absolute atomic E-state index is 0.429. The minimum Gasteiger partial charge on any atom is -0.490 e. The summed E-state index contributed by atoms with van der Waals surface area (Å²) in [6.45, 7) is 0. The Morgan fingerprint density at radius 2 is 1.94 bits per heavy atom. The molecule has 0 radical (unpaired) electrons. The minimum atomic E-state index is -0.767. The number of allylic oxidation sites excluding steroid dienone is 1. The highest BCUT2D eigenvalue weighted by atomic mass is 16.5. The van der Waals surface area contributed by atoms with Crippen molar-refractivity contribution in [3.63, 3.8) is 0 Å². The van der Waals surface area contributed by atoms with Gasteiger partial charge in [0.25, 0.3) is 0 Å². The largest absolute Gasteiger partial charge is 0.490 e. The number of aliphatic hydroxyl groups is 1. The molecule has 2 aliphatic rings. The van der Waals surface area contributed by atoms with Gasteiger partial charge in [0, 0.05) is 0 Å². The first kappa shape index (κ1) is 10.8. The van der Waals surface area contributed by atoms with Crippen molar-refractivity contribution in [1.29, 1.82) is 0 Å². The first-order valence-corrected chi connectivity index (χ1v) is 6.44. The van der Waals surface area contributed by atoms with Gasteiger partial charge in [-0.2, -0.15) is 0 Å². The summed E-state index contributed by atoms with van der Waals surface area (Å²) in [6.07, 6.45) is 9.71. The number of hydrogen-bond acceptors (Lipinski definition) is 2. The van der Waals surface area contributed by atoms with E-state index in [0.717, 1.165) is 30.6 Å². The Labute approximate surface area is 102 Å². The fourth-order valence-electron chi connectivity index (χ4n) is 2.29. The molecule has 2 aliphatic carbocycles. The van der Waals surface area contributed by atoms with Gasteiger partial charge in [0.1, 0.15) is 11.4 Å². The van der Waals surface area contributed by atoms with Gasteiger partial charge < -0.3 is 9.84 Å². The molecule has 90 valence electrons. The monoisotopic (exact) mass is 230 g/mol. The normalized spacial score (nSPS) is 28.1. The summed E-state index contributed by atoms with van der Waals surface area (Å²) in [7, 11) is 0. The molecule has 0 aromatic heterocycles. The number of benzene rings is 1. The molecule has 0 bridgehead atoms. The van der Waals surface area contributed by atoms with Crippen LogP contribution in [0.25, 0.3) is 0 Å². The predicted octanol–water partition coefficient (Wildman–Crippen LogP) is 3.16. The van der Waals surface area contributed by atoms with Gasteiger partial charge in [0.2, 0.25) is 0 Å². The van der Waals surface area contributed by atoms with Crippen LogP contribution in [0.5, 0.6) is 5.75 Å². The molecule has 1 N–H and O–H groups in total. The van der Waals surface area contributed by atoms with Crippen LogP contribution in [0.4, 0.5) is 0 Å². The Kier molecular flexibility index (Phi) is 2.67. The third-order valence-corrected chi connectivity index (χ3v) is 3.50. The van der Waals surface area contributed by atoms with E-state index < -0.39 is 5.60 Å². The van der Waals surface area contributed by atoms with Crippen molar-refractivity contribution in [3.05, 3.63) is 42.0 Å². The molecular weight excluding hydrogens is 212 g/mol. The zero-order valence-electron chi connectivity index (χ0n) is 9.93. The molecule has 3 rings (SSSR count). The standard InChI is InChI=1S/C15H18O2/c16-15(10-2-1-3-11-15)12-4-6-13(7-5-12)17-14-8-9-14/h2,4-7,10,14,16H,1,3,8-9,11H2. The molecule has 17 heavy (non-hydrogen) atoms. The van der Waals surface area contributed by atoms with E-state index in [1.54, 1.807) is 0 Å². The fourth-order valence-corrected chi connectivity index (χ4v) is 2.29. The van der Waals surface area contributed by atoms with Crippen LogP contribution in [-0.4, -0.2) is 11.2 Å². The molecule has 0 saturated heterocycles. The average Bonchev–Trinajstić information content (AvgIpc) is 3.15. The van der Waals surface area contributed by atoms with Crippen LogP contribution in [0.2, 0.25) is 0 Å². The molecule has 1 saturated carbocycles. The molecule has 0 amide bonds. The SMILES string of the molecule is OC1(c2ccc(OC3CC3)cc2)C=CCCC1. The zero-order valence-corrected chi connectivity index (χ0v) is 9.93. The molecule has 2 heteroatoms. The van der Waals surface area contributed by atoms with Gasteiger partial charge in [0.05, 0.1) is 6.10 Å². The van der Waals surface area contributed by atoms with Gasteiger partial charge in [0.15, 0.2) is 0 Å². The Balaban J connectivity index is 1.78. The number of ether oxygens (including phenoxy) is 1. The lowest BCUT2D eigenvalue weighted by atomic mass is 9.85. The van der Waals surface area contributed by atoms with Crippen molar-refractivity contribution in [2.24, 2.45) is 0 Å². The zero-order chi connectivity index (χ0) is 11.7. The molecular formula is C15H18O2. The second kappa shape index (κ2) is 4.19. The highest BCUT2D eigenvalue weighted by Crippen LogP contribution is 2.34. The van der Waals surface area contributed by atoms with Crippen LogP contribution in [0.3, 0.4) is 0 Å². The van der Waals surface area contributed by atoms with Crippen molar-refractivity contribution in [2.45, 2.75) is 43.8 Å². The van der Waals surface area contributed by atoms with E-state index in [9.17, 15) is 5.11 Å². The Morgan fingerprint density at radius 3 is 2.53 bits per heavy atom. The fraction of sp³-hybridized carbons (Fsp3) is 0.467. The summed E-state index contributed by atoms with van der Waals surface area (Å²) in [5.74, 6) is 0.916. The second-order valence-corrected chi connectivity index (χ2v) is 5.06. The third kappa shape index (κ3) is 2.37. The highest BCUT2D eigenvalue weighted by Gasteiger charge is 2.28. The van der Waals surface area contributed by atoms with Crippen molar-refractivity contribution in [1.82, 2.24) is 0 Å². The highest BCUT2D eigenvalue weighted by molar-refractivity contribution is 5.34. The van der Waals surface area contributed by atoms with Crippen LogP contribution in [-0.2, 0) is 5.60 Å². The van der Waals surface area contributed by atoms with E-state index in [1.807, 2.05) is 30.3 Å². The Hall–Kier alpha value is -1.28. The van der Waals surface area contributed by atoms with Crippen LogP contribution < -0.4 is 4.74 Å². The molecule has 0 aliphatic heterocycles. The van der Waals surface area contributed by atoms with Gasteiger partial charge in [-0.25, -0.2) is 0 Å². The number of hydrogen-bond donors (Lipinski definition) is 1. The molecule has 2 nitrogen and oxygen atoms in total. The summed E-state index contributed by atoms with van der Waals surface area (Å²) in [4.78, 5) is 0. The van der Waals surface area contributed by atoms with Gasteiger partial charge >= 0.3 is 0 Å². The van der Waals surface area contributed by atoms with Gasteiger partial charge in [-0.3, -0.25) is 0 Å². The number of rotatable bonds is 3. The van der Waals surface area contributed by atoms with E-state index >= 15 is 0 Å². The lowest BCUT2D eigenvalue weighted by molar-refractivity contribution is 0.0725. The maximum atomic E-state index is 10.5. The van der Waals surface area contributed by atoms with Crippen LogP contribution in [0.1, 0.15) is 37.7 Å². The summed E-state index contributed by atoms with van der Waals surface area (Å²) < 4.78 is 5.70. The maximum Gasteiger partial charge on any atom is 0.119 e. The maximum absolute atomic E-state index is 10.5. The molecule has 1 aromatic rings. The summed E-state index contributed by atoms with van der Waals surface area (Å²) in [5.41, 5.74) is 0.202. The van der Waals surface area contributed by atoms with Crippen LogP contribution in [0.15, 0.2) is 36.4 Å². The Morgan fingerprint density at radius 1 is 1.18 bits per heavy atom. The average molecular weight is 230 g/mol. The second-order valence-electron chi connectivity index (χ2n) is 5.06. The van der Waals surface area contributed by atoms with Crippen molar-refractivity contribution in [3.8, 4) is 5.75 Å². The first-order valence-electron chi connectivity index (χ1n) is 6.44. The quantitative estimate of drug-likeness (QED) is 0.808. The van der Waals surface area contributed by atoms with Crippen LogP contribution >= 0.6 is 0 Å². The summed E-state index contributed by atoms with van der Waals surface area (Å²) in [6, 6.07) is 7.89. The Bertz CT molecular complexity index is 417. The molecule has 0 heterocycles. The topological polar surface area (TPSA) is 29.5 Å². The van der Waals surface area contributed by atoms with Gasteiger partial charge in [-0.05, 0) is 49.8 Å². The van der Waals surface area contributed by atoms with Crippen LogP contribution in [0, 0.1) is 0 Å². The smallest absolute Gasteiger partial charge is 0.119 e. The summed E-state index contributed by atoms with van der Waals surface area (Å²) >= 11 is 0. The third-order valence-electron chi connectivity index (χ3n) is 3.50. The van der Waals surface area contributed by atoms with E-state index in [4.69, 9.17) is 4.74 Å². The van der Waals surface area contributed by atoms with Crippen molar-refractivity contribution in [2.75, 3.05) is 0 Å². The van der Waals surface area contributed by atoms with Crippen molar-refractivity contribution >= 4 is 0 Å². The molecule has 1 aromatic carbocycles. The first-order chi connectivity index (χ1) is 8.26. The predicted molar refractivity (Wildman–Crippen MR) is 67.0 cm³/mol. The van der Waals surface area contributed by atoms with E-state index in [1.165, 1.54) is 12.8 Å². The van der Waals surface area contributed by atoms with Crippen molar-refractivity contribution < 1.29 is 9.84 Å². The van der Waals surface area contributed by atoms with E-state index in [2.05, 4.69) is 6.08 Å². The molecule has 0 spiro atoms. The molecule has 1 unspecified atom stereocenters. The van der Waals surface area contributed by atoms with E-state index in [0.29, 0.717) is 6.10 Å². The molecule has 1 fully saturated rings. The lowest BCUT2D eigenvalue weighted by Crippen LogP contribution is -2.24. The van der Waals surface area contributed by atoms with Gasteiger partial charge in [-0.15, -0.1) is 0 Å². The summed E-state index contributed by atoms with van der Waals surface area (Å²) in [5, 5.41) is 10.5. The van der Waals surface area contributed by atoms with Gasteiger partial charge in [-0.1, -0.05) is 24.3 Å². The molecule has 1 atom stereocenters.